The molecule has 1 heterocycles. The molecule has 4 aromatic rings. The molecule has 1 N–H and O–H groups in total. The fraction of sp³-hybridized carbons (Fsp3) is 0.310. The molecule has 4 rings (SSSR count). The molecule has 0 atom stereocenters. The number of carbonyl (C=O) groups is 1. The van der Waals surface area contributed by atoms with Crippen molar-refractivity contribution in [2.45, 2.75) is 59.3 Å². The molecule has 0 aliphatic carbocycles. The maximum atomic E-state index is 11.7. The quantitative estimate of drug-likeness (QED) is 0.295. The summed E-state index contributed by atoms with van der Waals surface area (Å²) in [4.78, 5) is 16.8. The molecule has 0 amide bonds. The van der Waals surface area contributed by atoms with Crippen LogP contribution < -0.4 is 0 Å². The molecule has 170 valence electrons. The van der Waals surface area contributed by atoms with Gasteiger partial charge in [0.2, 0.25) is 0 Å². The number of carboxylic acid groups (broad SMARTS) is 1. The molecule has 0 saturated heterocycles. The van der Waals surface area contributed by atoms with Crippen molar-refractivity contribution in [2.75, 3.05) is 0 Å². The van der Waals surface area contributed by atoms with E-state index in [4.69, 9.17) is 4.98 Å². The Balaban J connectivity index is 1.81. The highest BCUT2D eigenvalue weighted by molar-refractivity contribution is 5.96. The smallest absolute Gasteiger partial charge is 0.336 e. The molecule has 4 nitrogen and oxygen atoms in total. The fourth-order valence-electron chi connectivity index (χ4n) is 4.50. The molecule has 0 radical (unpaired) electrons. The Morgan fingerprint density at radius 1 is 0.909 bits per heavy atom. The number of aryl methyl sites for hydroxylation is 3. The first-order valence-electron chi connectivity index (χ1n) is 12.0. The first-order valence-corrected chi connectivity index (χ1v) is 12.0. The Morgan fingerprint density at radius 3 is 2.39 bits per heavy atom. The first-order chi connectivity index (χ1) is 16.0. The Hall–Kier alpha value is -3.40. The van der Waals surface area contributed by atoms with Gasteiger partial charge < -0.3 is 5.11 Å². The third-order valence-corrected chi connectivity index (χ3v) is 6.28. The van der Waals surface area contributed by atoms with Crippen LogP contribution in [0.4, 0.5) is 0 Å². The van der Waals surface area contributed by atoms with Crippen molar-refractivity contribution in [1.29, 1.82) is 0 Å². The van der Waals surface area contributed by atoms with Crippen LogP contribution in [0.3, 0.4) is 0 Å². The van der Waals surface area contributed by atoms with Gasteiger partial charge in [-0.25, -0.2) is 9.78 Å². The number of unbranched alkanes of at least 4 members (excludes halogenated alkanes) is 2. The van der Waals surface area contributed by atoms with Crippen molar-refractivity contribution in [3.8, 4) is 16.8 Å². The van der Waals surface area contributed by atoms with E-state index in [-0.39, 0.29) is 0 Å². The molecule has 0 saturated carbocycles. The summed E-state index contributed by atoms with van der Waals surface area (Å²) in [6.07, 6.45) is 6.60. The third kappa shape index (κ3) is 4.70. The van der Waals surface area contributed by atoms with Crippen LogP contribution in [-0.2, 0) is 12.8 Å². The van der Waals surface area contributed by atoms with E-state index >= 15 is 0 Å². The lowest BCUT2D eigenvalue weighted by Gasteiger charge is -2.14. The predicted octanol–water partition coefficient (Wildman–Crippen LogP) is 7.38. The summed E-state index contributed by atoms with van der Waals surface area (Å²) in [5, 5.41) is 9.62. The number of nitrogens with zero attached hydrogens (tertiary/aromatic N) is 2. The summed E-state index contributed by atoms with van der Waals surface area (Å²) in [6, 6.07) is 20.1. The zero-order valence-corrected chi connectivity index (χ0v) is 19.8. The zero-order chi connectivity index (χ0) is 23.4. The molecule has 3 aromatic carbocycles. The molecule has 0 fully saturated rings. The van der Waals surface area contributed by atoms with Gasteiger partial charge in [-0.3, -0.25) is 4.57 Å². The summed E-state index contributed by atoms with van der Waals surface area (Å²) in [7, 11) is 0. The highest BCUT2D eigenvalue weighted by Gasteiger charge is 2.16. The van der Waals surface area contributed by atoms with E-state index in [9.17, 15) is 9.90 Å². The standard InChI is InChI=1S/C29H32N2O2/c1-4-6-10-21-14-17-27-26(19-21)30-28(13-7-5-2)31(27)22-15-16-23(20(3)18-22)24-11-8-9-12-25(24)29(32)33/h8-9,11-12,14-19H,4-7,10,13H2,1-3H3,(H,32,33). The molecule has 0 bridgehead atoms. The van der Waals surface area contributed by atoms with Gasteiger partial charge >= 0.3 is 5.97 Å². The van der Waals surface area contributed by atoms with E-state index in [0.717, 1.165) is 64.9 Å². The van der Waals surface area contributed by atoms with Gasteiger partial charge in [0.1, 0.15) is 5.82 Å². The van der Waals surface area contributed by atoms with Crippen LogP contribution >= 0.6 is 0 Å². The molecular formula is C29H32N2O2. The summed E-state index contributed by atoms with van der Waals surface area (Å²) < 4.78 is 2.27. The maximum Gasteiger partial charge on any atom is 0.336 e. The van der Waals surface area contributed by atoms with Crippen molar-refractivity contribution in [1.82, 2.24) is 9.55 Å². The largest absolute Gasteiger partial charge is 0.478 e. The van der Waals surface area contributed by atoms with Crippen LogP contribution in [0.5, 0.6) is 0 Å². The SMILES string of the molecule is CCCCc1ccc2c(c1)nc(CCCC)n2-c1ccc(-c2ccccc2C(=O)O)c(C)c1. The van der Waals surface area contributed by atoms with Crippen LogP contribution in [0, 0.1) is 6.92 Å². The van der Waals surface area contributed by atoms with Gasteiger partial charge in [-0.1, -0.05) is 57.0 Å². The zero-order valence-electron chi connectivity index (χ0n) is 19.8. The Bertz CT molecular complexity index is 1290. The van der Waals surface area contributed by atoms with Crippen LogP contribution in [0.1, 0.15) is 66.8 Å². The summed E-state index contributed by atoms with van der Waals surface area (Å²) in [5.41, 5.74) is 7.64. The normalized spacial score (nSPS) is 11.2. The van der Waals surface area contributed by atoms with E-state index < -0.39 is 5.97 Å². The fourth-order valence-corrected chi connectivity index (χ4v) is 4.50. The predicted molar refractivity (Wildman–Crippen MR) is 135 cm³/mol. The van der Waals surface area contributed by atoms with Gasteiger partial charge in [0, 0.05) is 12.1 Å². The number of fused-ring (bicyclic) bond motifs is 1. The number of hydrogen-bond donors (Lipinski definition) is 1. The molecule has 0 aliphatic rings. The number of aromatic nitrogens is 2. The van der Waals surface area contributed by atoms with Gasteiger partial charge in [-0.15, -0.1) is 0 Å². The van der Waals surface area contributed by atoms with E-state index in [0.29, 0.717) is 5.56 Å². The van der Waals surface area contributed by atoms with Crippen molar-refractivity contribution in [3.05, 3.63) is 83.2 Å². The molecule has 0 unspecified atom stereocenters. The lowest BCUT2D eigenvalue weighted by Crippen LogP contribution is -2.03. The first kappa shape index (κ1) is 22.8. The minimum atomic E-state index is -0.907. The number of benzene rings is 3. The summed E-state index contributed by atoms with van der Waals surface area (Å²) in [6.45, 7) is 6.47. The van der Waals surface area contributed by atoms with Crippen molar-refractivity contribution in [2.24, 2.45) is 0 Å². The number of aromatic carboxylic acids is 1. The monoisotopic (exact) mass is 440 g/mol. The van der Waals surface area contributed by atoms with Gasteiger partial charge in [0.25, 0.3) is 0 Å². The van der Waals surface area contributed by atoms with E-state index in [2.05, 4.69) is 48.7 Å². The highest BCUT2D eigenvalue weighted by atomic mass is 16.4. The minimum Gasteiger partial charge on any atom is -0.478 e. The minimum absolute atomic E-state index is 0.324. The average Bonchev–Trinajstić information content (AvgIpc) is 3.18. The van der Waals surface area contributed by atoms with Crippen LogP contribution in [0.2, 0.25) is 0 Å². The second-order valence-corrected chi connectivity index (χ2v) is 8.74. The van der Waals surface area contributed by atoms with Crippen LogP contribution in [0.25, 0.3) is 27.8 Å². The van der Waals surface area contributed by atoms with Gasteiger partial charge in [0.05, 0.1) is 16.6 Å². The molecular weight excluding hydrogens is 408 g/mol. The Labute approximate surface area is 195 Å². The van der Waals surface area contributed by atoms with Crippen LogP contribution in [-0.4, -0.2) is 20.6 Å². The topological polar surface area (TPSA) is 55.1 Å². The third-order valence-electron chi connectivity index (χ3n) is 6.28. The number of hydrogen-bond acceptors (Lipinski definition) is 2. The highest BCUT2D eigenvalue weighted by Crippen LogP contribution is 2.31. The Morgan fingerprint density at radius 2 is 1.67 bits per heavy atom. The maximum absolute atomic E-state index is 11.7. The molecule has 0 spiro atoms. The average molecular weight is 441 g/mol. The number of imidazole rings is 1. The van der Waals surface area contributed by atoms with Crippen molar-refractivity contribution in [3.63, 3.8) is 0 Å². The molecule has 4 heteroatoms. The van der Waals surface area contributed by atoms with E-state index in [1.54, 1.807) is 12.1 Å². The van der Waals surface area contributed by atoms with E-state index in [1.165, 1.54) is 18.4 Å². The Kier molecular flexibility index (Phi) is 6.93. The van der Waals surface area contributed by atoms with Gasteiger partial charge in [0.15, 0.2) is 0 Å². The molecule has 33 heavy (non-hydrogen) atoms. The van der Waals surface area contributed by atoms with Crippen LogP contribution in [0.15, 0.2) is 60.7 Å². The molecule has 1 aromatic heterocycles. The summed E-state index contributed by atoms with van der Waals surface area (Å²) >= 11 is 0. The van der Waals surface area contributed by atoms with Gasteiger partial charge in [-0.2, -0.15) is 0 Å². The van der Waals surface area contributed by atoms with Gasteiger partial charge in [-0.05, 0) is 78.8 Å². The lowest BCUT2D eigenvalue weighted by atomic mass is 9.95. The number of carboxylic acids is 1. The van der Waals surface area contributed by atoms with Crippen molar-refractivity contribution < 1.29 is 9.90 Å². The lowest BCUT2D eigenvalue weighted by molar-refractivity contribution is 0.0697. The second kappa shape index (κ2) is 10.0. The second-order valence-electron chi connectivity index (χ2n) is 8.74. The molecule has 0 aliphatic heterocycles. The van der Waals surface area contributed by atoms with E-state index in [1.807, 2.05) is 25.1 Å². The summed E-state index contributed by atoms with van der Waals surface area (Å²) in [5.74, 6) is 0.174. The van der Waals surface area contributed by atoms with Crippen molar-refractivity contribution >= 4 is 17.0 Å². The number of rotatable bonds is 9.